The molecule has 4 heteroatoms. The Kier molecular flexibility index (Phi) is 3.46. The van der Waals surface area contributed by atoms with Gasteiger partial charge < -0.3 is 5.11 Å². The van der Waals surface area contributed by atoms with Crippen molar-refractivity contribution in [1.82, 2.24) is 14.9 Å². The smallest absolute Gasteiger partial charge is 0.0599 e. The lowest BCUT2D eigenvalue weighted by atomic mass is 10.2. The van der Waals surface area contributed by atoms with Crippen LogP contribution in [0.2, 0.25) is 0 Å². The molecule has 72 valence electrons. The second-order valence-corrected chi connectivity index (χ2v) is 3.58. The summed E-state index contributed by atoms with van der Waals surface area (Å²) in [5.74, 6) is 0. The quantitative estimate of drug-likeness (QED) is 0.584. The van der Waals surface area contributed by atoms with E-state index in [0.29, 0.717) is 6.04 Å². The van der Waals surface area contributed by atoms with E-state index in [9.17, 15) is 0 Å². The van der Waals surface area contributed by atoms with Gasteiger partial charge in [0.2, 0.25) is 0 Å². The molecule has 1 saturated heterocycles. The van der Waals surface area contributed by atoms with Crippen LogP contribution in [-0.4, -0.2) is 73.5 Å². The molecule has 0 aromatic heterocycles. The largest absolute Gasteiger partial charge is 0.395 e. The van der Waals surface area contributed by atoms with Crippen LogP contribution in [0.1, 0.15) is 0 Å². The van der Waals surface area contributed by atoms with Crippen molar-refractivity contribution in [2.45, 2.75) is 6.04 Å². The number of nitrogens with zero attached hydrogens (tertiary/aromatic N) is 3. The highest BCUT2D eigenvalue weighted by molar-refractivity contribution is 4.77. The Morgan fingerprint density at radius 2 is 2.08 bits per heavy atom. The van der Waals surface area contributed by atoms with Crippen LogP contribution in [-0.2, 0) is 0 Å². The maximum absolute atomic E-state index is 9.07. The van der Waals surface area contributed by atoms with Crippen LogP contribution in [0.25, 0.3) is 0 Å². The molecule has 1 fully saturated rings. The summed E-state index contributed by atoms with van der Waals surface area (Å²) < 4.78 is 0. The van der Waals surface area contributed by atoms with Crippen molar-refractivity contribution in [2.75, 3.05) is 47.4 Å². The zero-order chi connectivity index (χ0) is 9.14. The van der Waals surface area contributed by atoms with Gasteiger partial charge in [-0.3, -0.25) is 4.90 Å². The molecule has 0 aromatic rings. The molecule has 0 bridgehead atoms. The predicted octanol–water partition coefficient (Wildman–Crippen LogP) is -0.929. The first-order valence-electron chi connectivity index (χ1n) is 4.38. The molecule has 1 atom stereocenters. The molecule has 1 rings (SSSR count). The third kappa shape index (κ3) is 2.17. The van der Waals surface area contributed by atoms with Gasteiger partial charge in [0.15, 0.2) is 0 Å². The van der Waals surface area contributed by atoms with Gasteiger partial charge in [0.25, 0.3) is 0 Å². The van der Waals surface area contributed by atoms with Crippen molar-refractivity contribution in [3.63, 3.8) is 0 Å². The summed E-state index contributed by atoms with van der Waals surface area (Å²) in [4.78, 5) is 2.21. The average Bonchev–Trinajstić information content (AvgIpc) is 2.05. The summed E-state index contributed by atoms with van der Waals surface area (Å²) in [7, 11) is 6.15. The molecule has 1 heterocycles. The summed E-state index contributed by atoms with van der Waals surface area (Å²) in [5.41, 5.74) is 0. The van der Waals surface area contributed by atoms with E-state index >= 15 is 0 Å². The zero-order valence-electron chi connectivity index (χ0n) is 8.19. The van der Waals surface area contributed by atoms with Gasteiger partial charge in [0.05, 0.1) is 6.61 Å². The van der Waals surface area contributed by atoms with E-state index in [1.807, 2.05) is 14.1 Å². The van der Waals surface area contributed by atoms with E-state index in [1.165, 1.54) is 0 Å². The minimum absolute atomic E-state index is 0.251. The minimum Gasteiger partial charge on any atom is -0.395 e. The normalized spacial score (nSPS) is 28.2. The van der Waals surface area contributed by atoms with Gasteiger partial charge in [-0.15, -0.1) is 0 Å². The Hall–Kier alpha value is -0.160. The number of rotatable bonds is 2. The molecule has 0 aromatic carbocycles. The van der Waals surface area contributed by atoms with Crippen LogP contribution in [0, 0.1) is 0 Å². The fourth-order valence-corrected chi connectivity index (χ4v) is 1.49. The molecule has 0 saturated carbocycles. The van der Waals surface area contributed by atoms with Gasteiger partial charge >= 0.3 is 0 Å². The van der Waals surface area contributed by atoms with Crippen molar-refractivity contribution < 1.29 is 5.11 Å². The molecule has 12 heavy (non-hydrogen) atoms. The van der Waals surface area contributed by atoms with Gasteiger partial charge in [-0.2, -0.15) is 0 Å². The van der Waals surface area contributed by atoms with Crippen LogP contribution in [0.3, 0.4) is 0 Å². The van der Waals surface area contributed by atoms with Gasteiger partial charge in [-0.1, -0.05) is 0 Å². The Balaban J connectivity index is 2.44. The SMILES string of the molecule is CN1CCN(N(C)C)CC1CO. The van der Waals surface area contributed by atoms with Crippen molar-refractivity contribution in [3.05, 3.63) is 0 Å². The lowest BCUT2D eigenvalue weighted by Gasteiger charge is -2.41. The summed E-state index contributed by atoms with van der Waals surface area (Å²) in [5, 5.41) is 13.4. The maximum atomic E-state index is 9.07. The van der Waals surface area contributed by atoms with Crippen LogP contribution >= 0.6 is 0 Å². The van der Waals surface area contributed by atoms with E-state index < -0.39 is 0 Å². The first-order chi connectivity index (χ1) is 5.65. The highest BCUT2D eigenvalue weighted by atomic mass is 16.3. The first kappa shape index (κ1) is 9.92. The molecule has 1 aliphatic rings. The van der Waals surface area contributed by atoms with Crippen LogP contribution in [0.4, 0.5) is 0 Å². The molecule has 4 nitrogen and oxygen atoms in total. The van der Waals surface area contributed by atoms with Gasteiger partial charge in [-0.05, 0) is 7.05 Å². The third-order valence-electron chi connectivity index (χ3n) is 2.53. The van der Waals surface area contributed by atoms with Gasteiger partial charge in [-0.25, -0.2) is 10.0 Å². The topological polar surface area (TPSA) is 30.0 Å². The summed E-state index contributed by atoms with van der Waals surface area (Å²) >= 11 is 0. The number of hydrazine groups is 1. The van der Waals surface area contributed by atoms with Gasteiger partial charge in [0.1, 0.15) is 0 Å². The molecule has 0 spiro atoms. The lowest BCUT2D eigenvalue weighted by Crippen LogP contribution is -2.56. The third-order valence-corrected chi connectivity index (χ3v) is 2.53. The molecule has 0 radical (unpaired) electrons. The molecule has 0 aliphatic carbocycles. The van der Waals surface area contributed by atoms with Crippen LogP contribution in [0.15, 0.2) is 0 Å². The van der Waals surface area contributed by atoms with Crippen molar-refractivity contribution >= 4 is 0 Å². The van der Waals surface area contributed by atoms with E-state index in [4.69, 9.17) is 5.11 Å². The highest BCUT2D eigenvalue weighted by Crippen LogP contribution is 2.07. The number of aliphatic hydroxyl groups is 1. The van der Waals surface area contributed by atoms with E-state index in [0.717, 1.165) is 19.6 Å². The number of piperazine rings is 1. The minimum atomic E-state index is 0.251. The van der Waals surface area contributed by atoms with Crippen molar-refractivity contribution in [3.8, 4) is 0 Å². The number of aliphatic hydroxyl groups excluding tert-OH is 1. The second kappa shape index (κ2) is 4.18. The van der Waals surface area contributed by atoms with E-state index in [1.54, 1.807) is 0 Å². The zero-order valence-corrected chi connectivity index (χ0v) is 8.19. The maximum Gasteiger partial charge on any atom is 0.0599 e. The number of likely N-dealkylation sites (N-methyl/N-ethyl adjacent to an activating group) is 1. The monoisotopic (exact) mass is 173 g/mol. The fourth-order valence-electron chi connectivity index (χ4n) is 1.49. The predicted molar refractivity (Wildman–Crippen MR) is 48.8 cm³/mol. The lowest BCUT2D eigenvalue weighted by molar-refractivity contribution is -0.0489. The van der Waals surface area contributed by atoms with Crippen LogP contribution < -0.4 is 0 Å². The number of hydrogen-bond donors (Lipinski definition) is 1. The highest BCUT2D eigenvalue weighted by Gasteiger charge is 2.24. The van der Waals surface area contributed by atoms with Crippen LogP contribution in [0.5, 0.6) is 0 Å². The molecule has 1 N–H and O–H groups in total. The summed E-state index contributed by atoms with van der Waals surface area (Å²) in [6, 6.07) is 0.293. The summed E-state index contributed by atoms with van der Waals surface area (Å²) in [6.07, 6.45) is 0. The van der Waals surface area contributed by atoms with Crippen molar-refractivity contribution in [1.29, 1.82) is 0 Å². The first-order valence-corrected chi connectivity index (χ1v) is 4.38. The second-order valence-electron chi connectivity index (χ2n) is 3.58. The molecular formula is C8H19N3O. The van der Waals surface area contributed by atoms with E-state index in [-0.39, 0.29) is 6.61 Å². The Bertz CT molecular complexity index is 140. The molecule has 1 aliphatic heterocycles. The average molecular weight is 173 g/mol. The molecule has 0 amide bonds. The molecule has 1 unspecified atom stereocenters. The van der Waals surface area contributed by atoms with Gasteiger partial charge in [0, 0.05) is 39.8 Å². The molecular weight excluding hydrogens is 154 g/mol. The Labute approximate surface area is 74.3 Å². The summed E-state index contributed by atoms with van der Waals surface area (Å²) in [6.45, 7) is 3.27. The fraction of sp³-hybridized carbons (Fsp3) is 1.00. The Morgan fingerprint density at radius 1 is 1.42 bits per heavy atom. The Morgan fingerprint density at radius 3 is 2.58 bits per heavy atom. The number of hydrogen-bond acceptors (Lipinski definition) is 4. The van der Waals surface area contributed by atoms with Crippen molar-refractivity contribution in [2.24, 2.45) is 0 Å². The van der Waals surface area contributed by atoms with E-state index in [2.05, 4.69) is 22.0 Å². The standard InChI is InChI=1S/C8H19N3O/c1-9(2)11-5-4-10(3)8(6-11)7-12/h8,12H,4-7H2,1-3H3.